The molecule has 0 saturated carbocycles. The van der Waals surface area contributed by atoms with Gasteiger partial charge >= 0.3 is 11.9 Å². The van der Waals surface area contributed by atoms with Gasteiger partial charge in [0.15, 0.2) is 0 Å². The predicted molar refractivity (Wildman–Crippen MR) is 288 cm³/mol. The molecular formula is C53H59Cl3N14O3. The van der Waals surface area contributed by atoms with Crippen molar-refractivity contribution in [1.82, 2.24) is 39.9 Å². The number of hydrogen-bond donors (Lipinski definition) is 0. The standard InChI is InChI=1S/C53H59Cl3N14O3/c1-31(2)43-22-36(11-12-58-43)44-23-46(63-52(61-44)69-13-7-9-32(69)3)67-17-15-65(29-34(67)5)48-41(55)20-38(26-59-48)50(71)73-51(72)39-21-42(56)49(60-27-39)66-16-18-68(35(6)30-66)47-24-45(37-19-40(54)28-57-25-37)62-53(64-47)70-14-8-10-33(70)4/h11-12,19-28,31-35H,7-10,13-18,29-30H2,1-6H3. The molecule has 4 aliphatic heterocycles. The van der Waals surface area contributed by atoms with Gasteiger partial charge < -0.3 is 34.1 Å². The molecule has 73 heavy (non-hydrogen) atoms. The number of ether oxygens (including phenoxy) is 1. The highest BCUT2D eigenvalue weighted by molar-refractivity contribution is 6.34. The molecule has 4 fully saturated rings. The van der Waals surface area contributed by atoms with Gasteiger partial charge in [-0.05, 0) is 89.6 Å². The fraction of sp³-hybridized carbons (Fsp3) is 0.434. The third-order valence-electron chi connectivity index (χ3n) is 14.4. The first-order valence-electron chi connectivity index (χ1n) is 25.2. The Morgan fingerprint density at radius 1 is 0.575 bits per heavy atom. The van der Waals surface area contributed by atoms with E-state index in [1.54, 1.807) is 12.4 Å². The molecule has 0 aliphatic carbocycles. The van der Waals surface area contributed by atoms with E-state index in [0.29, 0.717) is 74.0 Å². The molecule has 6 aromatic rings. The van der Waals surface area contributed by atoms with E-state index in [4.69, 9.17) is 59.5 Å². The van der Waals surface area contributed by atoms with Gasteiger partial charge in [-0.15, -0.1) is 0 Å². The summed E-state index contributed by atoms with van der Waals surface area (Å²) in [6.45, 7) is 18.4. The topological polar surface area (TPSA) is 166 Å². The quantitative estimate of drug-likeness (QED) is 0.0888. The molecule has 0 N–H and O–H groups in total. The average Bonchev–Trinajstić information content (AvgIpc) is 4.03. The molecule has 4 saturated heterocycles. The maximum absolute atomic E-state index is 13.4. The summed E-state index contributed by atoms with van der Waals surface area (Å²) >= 11 is 20.0. The number of nitrogens with zero attached hydrogens (tertiary/aromatic N) is 14. The lowest BCUT2D eigenvalue weighted by atomic mass is 10.1. The lowest BCUT2D eigenvalue weighted by molar-refractivity contribution is 0.0397. The first kappa shape index (κ1) is 50.1. The Morgan fingerprint density at radius 3 is 1.55 bits per heavy atom. The van der Waals surface area contributed by atoms with E-state index in [2.05, 4.69) is 103 Å². The molecule has 4 unspecified atom stereocenters. The third kappa shape index (κ3) is 10.7. The van der Waals surface area contributed by atoms with Crippen molar-refractivity contribution >= 4 is 81.9 Å². The van der Waals surface area contributed by atoms with Crippen LogP contribution in [0.4, 0.5) is 35.2 Å². The lowest BCUT2D eigenvalue weighted by Gasteiger charge is -2.41. The van der Waals surface area contributed by atoms with Crippen LogP contribution in [0.1, 0.15) is 99.6 Å². The van der Waals surface area contributed by atoms with E-state index in [1.807, 2.05) is 24.4 Å². The maximum atomic E-state index is 13.4. The predicted octanol–water partition coefficient (Wildman–Crippen LogP) is 9.67. The van der Waals surface area contributed by atoms with Gasteiger partial charge in [-0.3, -0.25) is 9.97 Å². The van der Waals surface area contributed by atoms with Crippen LogP contribution in [0.3, 0.4) is 0 Å². The van der Waals surface area contributed by atoms with Gasteiger partial charge in [-0.1, -0.05) is 48.7 Å². The Labute approximate surface area is 440 Å². The van der Waals surface area contributed by atoms with Crippen LogP contribution in [0.2, 0.25) is 15.1 Å². The molecule has 0 bridgehead atoms. The van der Waals surface area contributed by atoms with Gasteiger partial charge in [0.1, 0.15) is 23.3 Å². The van der Waals surface area contributed by atoms with Gasteiger partial charge in [-0.2, -0.15) is 9.97 Å². The minimum absolute atomic E-state index is 0.00438. The number of carbonyl (C=O) groups excluding carboxylic acids is 2. The summed E-state index contributed by atoms with van der Waals surface area (Å²) < 4.78 is 5.32. The fourth-order valence-corrected chi connectivity index (χ4v) is 11.1. The molecule has 0 amide bonds. The number of hydrogen-bond acceptors (Lipinski definition) is 17. The van der Waals surface area contributed by atoms with E-state index >= 15 is 0 Å². The summed E-state index contributed by atoms with van der Waals surface area (Å²) in [5.74, 6) is 2.64. The normalized spacial score (nSPS) is 20.4. The number of anilines is 6. The molecule has 4 atom stereocenters. The van der Waals surface area contributed by atoms with Crippen LogP contribution >= 0.6 is 34.8 Å². The molecule has 380 valence electrons. The average molecular weight is 1050 g/mol. The van der Waals surface area contributed by atoms with E-state index in [9.17, 15) is 9.59 Å². The SMILES string of the molecule is CC(C)c1cc(-c2cc(N3CCN(c4ncc(C(=O)OC(=O)c5cnc(N6CCN(c7cc(-c8cncc(Cl)c8)nc(N8CCCC8C)n7)C(C)C6)c(Cl)c5)cc4Cl)CC3C)nc(N3CCCC3C)n2)ccn1. The zero-order valence-electron chi connectivity index (χ0n) is 41.9. The van der Waals surface area contributed by atoms with E-state index in [-0.39, 0.29) is 39.2 Å². The summed E-state index contributed by atoms with van der Waals surface area (Å²) in [5, 5.41) is 1.05. The van der Waals surface area contributed by atoms with Gasteiger partial charge in [0.2, 0.25) is 11.9 Å². The molecule has 17 nitrogen and oxygen atoms in total. The Hall–Kier alpha value is -6.43. The van der Waals surface area contributed by atoms with Crippen molar-refractivity contribution in [3.05, 3.63) is 105 Å². The summed E-state index contributed by atoms with van der Waals surface area (Å²) in [6.07, 6.45) is 12.4. The molecule has 0 radical (unpaired) electrons. The number of rotatable bonds is 11. The van der Waals surface area contributed by atoms with Crippen molar-refractivity contribution in [1.29, 1.82) is 0 Å². The molecule has 4 aliphatic rings. The first-order chi connectivity index (χ1) is 35.2. The number of piperazine rings is 2. The number of aromatic nitrogens is 8. The van der Waals surface area contributed by atoms with Crippen molar-refractivity contribution in [3.8, 4) is 22.5 Å². The van der Waals surface area contributed by atoms with Crippen molar-refractivity contribution < 1.29 is 14.3 Å². The van der Waals surface area contributed by atoms with E-state index < -0.39 is 11.9 Å². The summed E-state index contributed by atoms with van der Waals surface area (Å²) in [6, 6.07) is 13.7. The number of pyridine rings is 4. The zero-order valence-corrected chi connectivity index (χ0v) is 44.2. The first-order valence-corrected chi connectivity index (χ1v) is 26.3. The third-order valence-corrected chi connectivity index (χ3v) is 15.2. The number of carbonyl (C=O) groups is 2. The smallest absolute Gasteiger partial charge is 0.347 e. The highest BCUT2D eigenvalue weighted by Crippen LogP contribution is 2.35. The zero-order chi connectivity index (χ0) is 51.1. The molecule has 6 aromatic heterocycles. The summed E-state index contributed by atoms with van der Waals surface area (Å²) in [5.41, 5.74) is 4.53. The maximum Gasteiger partial charge on any atom is 0.347 e. The molecule has 0 aromatic carbocycles. The summed E-state index contributed by atoms with van der Waals surface area (Å²) in [7, 11) is 0. The van der Waals surface area contributed by atoms with Crippen LogP contribution in [0.5, 0.6) is 0 Å². The Bertz CT molecular complexity index is 3040. The van der Waals surface area contributed by atoms with Crippen LogP contribution in [0.15, 0.2) is 73.4 Å². The Balaban J connectivity index is 0.778. The van der Waals surface area contributed by atoms with Crippen molar-refractivity contribution in [2.45, 2.75) is 97.3 Å². The number of halogens is 3. The van der Waals surface area contributed by atoms with Gasteiger partial charge in [-0.25, -0.2) is 29.5 Å². The molecule has 10 rings (SSSR count). The van der Waals surface area contributed by atoms with Crippen molar-refractivity contribution in [2.75, 3.05) is 81.8 Å². The summed E-state index contributed by atoms with van der Waals surface area (Å²) in [4.78, 5) is 78.4. The Kier molecular flexibility index (Phi) is 14.6. The molecular weight excluding hydrogens is 987 g/mol. The van der Waals surface area contributed by atoms with Gasteiger partial charge in [0, 0.05) is 136 Å². The fourth-order valence-electron chi connectivity index (χ4n) is 10.4. The minimum atomic E-state index is -0.897. The van der Waals surface area contributed by atoms with Crippen LogP contribution in [-0.2, 0) is 4.74 Å². The van der Waals surface area contributed by atoms with Crippen LogP contribution < -0.4 is 29.4 Å². The molecule has 20 heteroatoms. The van der Waals surface area contributed by atoms with Crippen LogP contribution in [-0.4, -0.2) is 128 Å². The minimum Gasteiger partial charge on any atom is -0.386 e. The van der Waals surface area contributed by atoms with E-state index in [0.717, 1.165) is 84.6 Å². The lowest BCUT2D eigenvalue weighted by Crippen LogP contribution is -2.53. The highest BCUT2D eigenvalue weighted by atomic mass is 35.5. The van der Waals surface area contributed by atoms with Gasteiger partial charge in [0.25, 0.3) is 0 Å². The van der Waals surface area contributed by atoms with Crippen molar-refractivity contribution in [2.24, 2.45) is 0 Å². The Morgan fingerprint density at radius 2 is 1.10 bits per heavy atom. The second kappa shape index (κ2) is 21.2. The number of esters is 2. The molecule has 0 spiro atoms. The highest BCUT2D eigenvalue weighted by Gasteiger charge is 2.33. The van der Waals surface area contributed by atoms with Crippen molar-refractivity contribution in [3.63, 3.8) is 0 Å². The van der Waals surface area contributed by atoms with Crippen LogP contribution in [0.25, 0.3) is 22.5 Å². The van der Waals surface area contributed by atoms with Crippen LogP contribution in [0, 0.1) is 0 Å². The van der Waals surface area contributed by atoms with E-state index in [1.165, 1.54) is 24.5 Å². The van der Waals surface area contributed by atoms with Gasteiger partial charge in [0.05, 0.1) is 37.6 Å². The molecule has 10 heterocycles. The largest absolute Gasteiger partial charge is 0.386 e. The monoisotopic (exact) mass is 1040 g/mol. The second-order valence-corrected chi connectivity index (χ2v) is 21.2. The second-order valence-electron chi connectivity index (χ2n) is 19.9.